The highest BCUT2D eigenvalue weighted by molar-refractivity contribution is 6.04. The van der Waals surface area contributed by atoms with E-state index in [-0.39, 0.29) is 12.1 Å². The zero-order valence-corrected chi connectivity index (χ0v) is 18.0. The minimum Gasteiger partial charge on any atom is -0.493 e. The topological polar surface area (TPSA) is 63.2 Å². The molecule has 0 bridgehead atoms. The van der Waals surface area contributed by atoms with Crippen molar-refractivity contribution in [1.82, 2.24) is 0 Å². The molecule has 30 heavy (non-hydrogen) atoms. The Bertz CT molecular complexity index is 875. The third kappa shape index (κ3) is 6.67. The number of hydrogen-bond donors (Lipinski definition) is 0. The second-order valence-corrected chi connectivity index (χ2v) is 6.24. The van der Waals surface area contributed by atoms with Crippen LogP contribution in [0.25, 0.3) is 12.2 Å². The van der Waals surface area contributed by atoms with Crippen LogP contribution in [0.2, 0.25) is 0 Å². The summed E-state index contributed by atoms with van der Waals surface area (Å²) in [6.45, 7) is 4.33. The molecule has 0 fully saturated rings. The second-order valence-electron chi connectivity index (χ2n) is 6.24. The normalized spacial score (nSPS) is 12.2. The standard InChI is InChI=1S/C24H28O6/c1-6-29-17(2)30-21-9-7-8-18(14-21)10-12-20(25)13-11-19-15-22(26-3)24(28-5)23(16-19)27-4/h7-17H,6H2,1-5H3/b12-10+,13-11+. The summed E-state index contributed by atoms with van der Waals surface area (Å²) in [5.74, 6) is 2.08. The molecule has 160 valence electrons. The number of allylic oxidation sites excluding steroid dienone is 2. The molecule has 0 aliphatic heterocycles. The maximum atomic E-state index is 12.3. The molecule has 1 unspecified atom stereocenters. The van der Waals surface area contributed by atoms with Gasteiger partial charge in [-0.15, -0.1) is 0 Å². The number of ketones is 1. The fourth-order valence-corrected chi connectivity index (χ4v) is 2.76. The van der Waals surface area contributed by atoms with E-state index in [1.54, 1.807) is 45.6 Å². The summed E-state index contributed by atoms with van der Waals surface area (Å²) in [7, 11) is 4.64. The van der Waals surface area contributed by atoms with Crippen LogP contribution in [0.15, 0.2) is 48.6 Å². The minimum atomic E-state index is -0.336. The summed E-state index contributed by atoms with van der Waals surface area (Å²) in [6, 6.07) is 11.0. The number of methoxy groups -OCH3 is 3. The lowest BCUT2D eigenvalue weighted by Gasteiger charge is -2.14. The van der Waals surface area contributed by atoms with Gasteiger partial charge in [0.15, 0.2) is 23.6 Å². The molecule has 0 heterocycles. The Morgan fingerprint density at radius 2 is 1.57 bits per heavy atom. The summed E-state index contributed by atoms with van der Waals surface area (Å²) in [4.78, 5) is 12.3. The molecule has 1 atom stereocenters. The zero-order chi connectivity index (χ0) is 21.9. The molecule has 2 aromatic rings. The van der Waals surface area contributed by atoms with Crippen LogP contribution in [0.1, 0.15) is 25.0 Å². The highest BCUT2D eigenvalue weighted by atomic mass is 16.7. The number of benzene rings is 2. The first kappa shape index (κ1) is 23.0. The first-order chi connectivity index (χ1) is 14.5. The number of ether oxygens (including phenoxy) is 5. The van der Waals surface area contributed by atoms with E-state index in [1.165, 1.54) is 12.2 Å². The van der Waals surface area contributed by atoms with E-state index in [2.05, 4.69) is 0 Å². The summed E-state index contributed by atoms with van der Waals surface area (Å²) in [5.41, 5.74) is 1.61. The predicted molar refractivity (Wildman–Crippen MR) is 117 cm³/mol. The number of hydrogen-bond acceptors (Lipinski definition) is 6. The lowest BCUT2D eigenvalue weighted by molar-refractivity contribution is -0.110. The van der Waals surface area contributed by atoms with Crippen molar-refractivity contribution in [3.63, 3.8) is 0 Å². The summed E-state index contributed by atoms with van der Waals surface area (Å²) in [5, 5.41) is 0. The molecule has 0 aliphatic rings. The van der Waals surface area contributed by atoms with Gasteiger partial charge in [-0.3, -0.25) is 4.79 Å². The Balaban J connectivity index is 2.08. The van der Waals surface area contributed by atoms with E-state index in [4.69, 9.17) is 23.7 Å². The monoisotopic (exact) mass is 412 g/mol. The van der Waals surface area contributed by atoms with E-state index in [9.17, 15) is 4.79 Å². The first-order valence-electron chi connectivity index (χ1n) is 9.59. The van der Waals surface area contributed by atoms with Crippen molar-refractivity contribution >= 4 is 17.9 Å². The Morgan fingerprint density at radius 1 is 0.933 bits per heavy atom. The molecule has 6 heteroatoms. The van der Waals surface area contributed by atoms with E-state index in [0.717, 1.165) is 11.1 Å². The van der Waals surface area contributed by atoms with Crippen molar-refractivity contribution in [2.24, 2.45) is 0 Å². The van der Waals surface area contributed by atoms with Gasteiger partial charge in [-0.25, -0.2) is 0 Å². The summed E-state index contributed by atoms with van der Waals surface area (Å²) in [6.07, 6.45) is 6.08. The fourth-order valence-electron chi connectivity index (χ4n) is 2.76. The van der Waals surface area contributed by atoms with Gasteiger partial charge < -0.3 is 23.7 Å². The predicted octanol–water partition coefficient (Wildman–Crippen LogP) is 4.77. The van der Waals surface area contributed by atoms with Gasteiger partial charge in [0.2, 0.25) is 5.75 Å². The molecule has 0 aliphatic carbocycles. The quantitative estimate of drug-likeness (QED) is 0.391. The van der Waals surface area contributed by atoms with Crippen molar-refractivity contribution in [2.45, 2.75) is 20.1 Å². The highest BCUT2D eigenvalue weighted by Crippen LogP contribution is 2.38. The van der Waals surface area contributed by atoms with Crippen molar-refractivity contribution in [3.05, 3.63) is 59.7 Å². The third-order valence-electron chi connectivity index (χ3n) is 4.13. The lowest BCUT2D eigenvalue weighted by atomic mass is 10.1. The Morgan fingerprint density at radius 3 is 2.13 bits per heavy atom. The SMILES string of the molecule is CCOC(C)Oc1cccc(/C=C/C(=O)/C=C/c2cc(OC)c(OC)c(OC)c2)c1. The van der Waals surface area contributed by atoms with Crippen LogP contribution in [0.3, 0.4) is 0 Å². The molecule has 2 rings (SSSR count). The van der Waals surface area contributed by atoms with Gasteiger partial charge in [0, 0.05) is 6.61 Å². The van der Waals surface area contributed by atoms with Crippen LogP contribution in [0.5, 0.6) is 23.0 Å². The maximum Gasteiger partial charge on any atom is 0.203 e. The van der Waals surface area contributed by atoms with Gasteiger partial charge in [0.05, 0.1) is 21.3 Å². The van der Waals surface area contributed by atoms with Gasteiger partial charge >= 0.3 is 0 Å². The molecule has 0 N–H and O–H groups in total. The largest absolute Gasteiger partial charge is 0.493 e. The van der Waals surface area contributed by atoms with E-state index >= 15 is 0 Å². The molecular weight excluding hydrogens is 384 g/mol. The van der Waals surface area contributed by atoms with Crippen LogP contribution >= 0.6 is 0 Å². The van der Waals surface area contributed by atoms with Gasteiger partial charge in [-0.1, -0.05) is 24.3 Å². The number of carbonyl (C=O) groups is 1. The minimum absolute atomic E-state index is 0.155. The van der Waals surface area contributed by atoms with Crippen LogP contribution in [-0.2, 0) is 9.53 Å². The molecule has 0 saturated heterocycles. The molecule has 0 amide bonds. The first-order valence-corrected chi connectivity index (χ1v) is 9.59. The molecule has 6 nitrogen and oxygen atoms in total. The number of carbonyl (C=O) groups excluding carboxylic acids is 1. The Labute approximate surface area is 177 Å². The summed E-state index contributed by atoms with van der Waals surface area (Å²) >= 11 is 0. The molecule has 0 radical (unpaired) electrons. The lowest BCUT2D eigenvalue weighted by Crippen LogP contribution is -2.15. The van der Waals surface area contributed by atoms with Crippen molar-refractivity contribution in [3.8, 4) is 23.0 Å². The van der Waals surface area contributed by atoms with Crippen molar-refractivity contribution < 1.29 is 28.5 Å². The second kappa shape index (κ2) is 11.7. The van der Waals surface area contributed by atoms with Gasteiger partial charge in [0.25, 0.3) is 0 Å². The maximum absolute atomic E-state index is 12.3. The van der Waals surface area contributed by atoms with Crippen LogP contribution < -0.4 is 18.9 Å². The van der Waals surface area contributed by atoms with Crippen LogP contribution in [-0.4, -0.2) is 40.0 Å². The van der Waals surface area contributed by atoms with Crippen molar-refractivity contribution in [2.75, 3.05) is 27.9 Å². The Kier molecular flexibility index (Phi) is 8.97. The number of rotatable bonds is 11. The average molecular weight is 412 g/mol. The van der Waals surface area contributed by atoms with Crippen LogP contribution in [0, 0.1) is 0 Å². The van der Waals surface area contributed by atoms with E-state index < -0.39 is 0 Å². The zero-order valence-electron chi connectivity index (χ0n) is 18.0. The molecule has 0 spiro atoms. The van der Waals surface area contributed by atoms with Crippen LogP contribution in [0.4, 0.5) is 0 Å². The van der Waals surface area contributed by atoms with E-state index in [0.29, 0.717) is 29.6 Å². The average Bonchev–Trinajstić information content (AvgIpc) is 2.75. The van der Waals surface area contributed by atoms with Gasteiger partial charge in [-0.05, 0) is 61.4 Å². The molecule has 0 saturated carbocycles. The van der Waals surface area contributed by atoms with Crippen molar-refractivity contribution in [1.29, 1.82) is 0 Å². The smallest absolute Gasteiger partial charge is 0.203 e. The molecule has 0 aromatic heterocycles. The van der Waals surface area contributed by atoms with Gasteiger partial charge in [0.1, 0.15) is 5.75 Å². The van der Waals surface area contributed by atoms with Gasteiger partial charge in [-0.2, -0.15) is 0 Å². The molecular formula is C24H28O6. The van der Waals surface area contributed by atoms with E-state index in [1.807, 2.05) is 38.1 Å². The highest BCUT2D eigenvalue weighted by Gasteiger charge is 2.12. The molecule has 2 aromatic carbocycles. The fraction of sp³-hybridized carbons (Fsp3) is 0.292. The third-order valence-corrected chi connectivity index (χ3v) is 4.13. The summed E-state index contributed by atoms with van der Waals surface area (Å²) < 4.78 is 27.0. The Hall–Kier alpha value is -3.25.